The standard InChI is InChI=1S/C14H8Cl8N4O/c15-3-4-23-10(27)6-1-2-7(8(16)5-6)9-24-11(13(17,18)19)26-12(25-9)14(20,21)22/h1-2,5H,3-4H2,(H,23,27). The van der Waals surface area contributed by atoms with Crippen molar-refractivity contribution in [2.75, 3.05) is 12.4 Å². The Hall–Kier alpha value is 0.0200. The zero-order valence-electron chi connectivity index (χ0n) is 12.9. The highest BCUT2D eigenvalue weighted by Gasteiger charge is 2.34. The highest BCUT2D eigenvalue weighted by molar-refractivity contribution is 6.67. The first-order valence-corrected chi connectivity index (χ1v) is 10.2. The Morgan fingerprint density at radius 1 is 0.963 bits per heavy atom. The van der Waals surface area contributed by atoms with Gasteiger partial charge in [-0.05, 0) is 18.2 Å². The molecule has 13 heteroatoms. The fourth-order valence-corrected chi connectivity index (χ4v) is 2.72. The summed E-state index contributed by atoms with van der Waals surface area (Å²) in [6, 6.07) is 4.45. The first-order valence-electron chi connectivity index (χ1n) is 6.98. The van der Waals surface area contributed by atoms with Crippen molar-refractivity contribution in [3.8, 4) is 11.4 Å². The van der Waals surface area contributed by atoms with Gasteiger partial charge in [-0.3, -0.25) is 4.79 Å². The van der Waals surface area contributed by atoms with Crippen molar-refractivity contribution in [3.63, 3.8) is 0 Å². The Balaban J connectivity index is 2.52. The molecule has 1 aromatic carbocycles. The summed E-state index contributed by atoms with van der Waals surface area (Å²) in [7, 11) is 0. The van der Waals surface area contributed by atoms with Crippen LogP contribution in [0.1, 0.15) is 22.0 Å². The van der Waals surface area contributed by atoms with E-state index in [4.69, 9.17) is 92.8 Å². The van der Waals surface area contributed by atoms with Crippen LogP contribution < -0.4 is 5.32 Å². The van der Waals surface area contributed by atoms with Crippen molar-refractivity contribution >= 4 is 98.7 Å². The van der Waals surface area contributed by atoms with E-state index < -0.39 is 7.59 Å². The smallest absolute Gasteiger partial charge is 0.251 e. The van der Waals surface area contributed by atoms with E-state index in [-0.39, 0.29) is 34.3 Å². The summed E-state index contributed by atoms with van der Waals surface area (Å²) >= 11 is 46.9. The molecule has 27 heavy (non-hydrogen) atoms. The Labute approximate surface area is 194 Å². The summed E-state index contributed by atoms with van der Waals surface area (Å²) in [5.41, 5.74) is 0.630. The lowest BCUT2D eigenvalue weighted by Crippen LogP contribution is -2.25. The molecule has 0 saturated carbocycles. The lowest BCUT2D eigenvalue weighted by molar-refractivity contribution is 0.0956. The van der Waals surface area contributed by atoms with E-state index in [1.54, 1.807) is 0 Å². The molecule has 2 aromatic rings. The first-order chi connectivity index (χ1) is 12.4. The van der Waals surface area contributed by atoms with Gasteiger partial charge in [-0.2, -0.15) is 0 Å². The molecule has 1 amide bonds. The maximum Gasteiger partial charge on any atom is 0.251 e. The second-order valence-electron chi connectivity index (χ2n) is 4.94. The van der Waals surface area contributed by atoms with Gasteiger partial charge in [0.2, 0.25) is 7.59 Å². The van der Waals surface area contributed by atoms with Crippen LogP contribution in [0, 0.1) is 0 Å². The number of hydrogen-bond acceptors (Lipinski definition) is 4. The van der Waals surface area contributed by atoms with E-state index in [2.05, 4.69) is 20.3 Å². The monoisotopic (exact) mass is 528 g/mol. The minimum absolute atomic E-state index is 0.00497. The predicted octanol–water partition coefficient (Wildman–Crippen LogP) is 5.81. The molecule has 0 radical (unpaired) electrons. The van der Waals surface area contributed by atoms with Crippen LogP contribution in [0.4, 0.5) is 0 Å². The molecule has 5 nitrogen and oxygen atoms in total. The van der Waals surface area contributed by atoms with E-state index in [0.717, 1.165) is 0 Å². The number of hydrogen-bond donors (Lipinski definition) is 1. The summed E-state index contributed by atoms with van der Waals surface area (Å²) in [6.07, 6.45) is 0. The fraction of sp³-hybridized carbons (Fsp3) is 0.286. The zero-order valence-corrected chi connectivity index (χ0v) is 19.0. The van der Waals surface area contributed by atoms with Crippen LogP contribution in [-0.4, -0.2) is 33.3 Å². The number of alkyl halides is 7. The topological polar surface area (TPSA) is 67.8 Å². The van der Waals surface area contributed by atoms with Crippen LogP contribution >= 0.6 is 92.8 Å². The molecule has 1 N–H and O–H groups in total. The Kier molecular flexibility index (Phi) is 7.96. The average Bonchev–Trinajstić information content (AvgIpc) is 2.57. The molecule has 0 saturated heterocycles. The number of rotatable bonds is 4. The van der Waals surface area contributed by atoms with Crippen molar-refractivity contribution in [2.45, 2.75) is 7.59 Å². The molecule has 0 bridgehead atoms. The van der Waals surface area contributed by atoms with Crippen LogP contribution in [0.2, 0.25) is 5.02 Å². The largest absolute Gasteiger partial charge is 0.351 e. The third kappa shape index (κ3) is 6.25. The van der Waals surface area contributed by atoms with Gasteiger partial charge in [0.05, 0.1) is 5.02 Å². The number of halogens is 8. The number of carbonyl (C=O) groups is 1. The first kappa shape index (κ1) is 23.3. The highest BCUT2D eigenvalue weighted by atomic mass is 35.6. The quantitative estimate of drug-likeness (QED) is 0.505. The second-order valence-corrected chi connectivity index (χ2v) is 10.3. The van der Waals surface area contributed by atoms with Crippen LogP contribution in [0.15, 0.2) is 18.2 Å². The molecule has 1 heterocycles. The van der Waals surface area contributed by atoms with Crippen molar-refractivity contribution in [1.82, 2.24) is 20.3 Å². The molecule has 0 atom stereocenters. The van der Waals surface area contributed by atoms with Gasteiger partial charge in [0.25, 0.3) is 5.91 Å². The van der Waals surface area contributed by atoms with Gasteiger partial charge in [-0.15, -0.1) is 11.6 Å². The Morgan fingerprint density at radius 3 is 1.96 bits per heavy atom. The summed E-state index contributed by atoms with van der Waals surface area (Å²) in [6.45, 7) is 0.312. The van der Waals surface area contributed by atoms with Crippen LogP contribution in [-0.2, 0) is 7.59 Å². The van der Waals surface area contributed by atoms with E-state index in [1.165, 1.54) is 18.2 Å². The molecular formula is C14H8Cl8N4O. The van der Waals surface area contributed by atoms with Crippen molar-refractivity contribution < 1.29 is 4.79 Å². The summed E-state index contributed by atoms with van der Waals surface area (Å²) in [5, 5.41) is 2.78. The van der Waals surface area contributed by atoms with Gasteiger partial charge in [0.1, 0.15) is 0 Å². The molecule has 0 unspecified atom stereocenters. The molecule has 2 rings (SSSR count). The normalized spacial score (nSPS) is 12.1. The summed E-state index contributed by atoms with van der Waals surface area (Å²) < 4.78 is -3.98. The molecule has 0 aliphatic heterocycles. The zero-order chi connectivity index (χ0) is 20.4. The average molecular weight is 532 g/mol. The van der Waals surface area contributed by atoms with Crippen molar-refractivity contribution in [1.29, 1.82) is 0 Å². The Bertz CT molecular complexity index is 818. The molecule has 146 valence electrons. The summed E-state index contributed by atoms with van der Waals surface area (Å²) in [4.78, 5) is 24.0. The van der Waals surface area contributed by atoms with Crippen LogP contribution in [0.25, 0.3) is 11.4 Å². The van der Waals surface area contributed by atoms with Gasteiger partial charge in [0, 0.05) is 23.6 Å². The Morgan fingerprint density at radius 2 is 1.52 bits per heavy atom. The third-order valence-electron chi connectivity index (χ3n) is 2.99. The third-order valence-corrected chi connectivity index (χ3v) is 4.51. The van der Waals surface area contributed by atoms with Crippen LogP contribution in [0.3, 0.4) is 0 Å². The minimum atomic E-state index is -1.99. The van der Waals surface area contributed by atoms with Gasteiger partial charge < -0.3 is 5.32 Å². The van der Waals surface area contributed by atoms with E-state index in [9.17, 15) is 4.79 Å². The number of nitrogens with zero attached hydrogens (tertiary/aromatic N) is 3. The van der Waals surface area contributed by atoms with Gasteiger partial charge in [-0.1, -0.05) is 81.2 Å². The lowest BCUT2D eigenvalue weighted by Gasteiger charge is -2.16. The van der Waals surface area contributed by atoms with Crippen molar-refractivity contribution in [2.24, 2.45) is 0 Å². The van der Waals surface area contributed by atoms with E-state index in [0.29, 0.717) is 17.7 Å². The van der Waals surface area contributed by atoms with Crippen molar-refractivity contribution in [3.05, 3.63) is 40.4 Å². The number of nitrogens with one attached hydrogen (secondary N) is 1. The fourth-order valence-electron chi connectivity index (χ4n) is 1.85. The maximum atomic E-state index is 12.0. The summed E-state index contributed by atoms with van der Waals surface area (Å²) in [5.74, 6) is -0.561. The number of benzene rings is 1. The maximum absolute atomic E-state index is 12.0. The molecule has 0 aliphatic rings. The lowest BCUT2D eigenvalue weighted by atomic mass is 10.1. The molecule has 0 aliphatic carbocycles. The molecule has 0 fully saturated rings. The number of amides is 1. The second kappa shape index (κ2) is 9.23. The highest BCUT2D eigenvalue weighted by Crippen LogP contribution is 2.41. The number of carbonyl (C=O) groups excluding carboxylic acids is 1. The SMILES string of the molecule is O=C(NCCCl)c1ccc(-c2nc(C(Cl)(Cl)Cl)nc(C(Cl)(Cl)Cl)n2)c(Cl)c1. The van der Waals surface area contributed by atoms with E-state index in [1.807, 2.05) is 0 Å². The van der Waals surface area contributed by atoms with Gasteiger partial charge >= 0.3 is 0 Å². The van der Waals surface area contributed by atoms with Crippen LogP contribution in [0.5, 0.6) is 0 Å². The number of aromatic nitrogens is 3. The molecular weight excluding hydrogens is 524 g/mol. The minimum Gasteiger partial charge on any atom is -0.351 e. The van der Waals surface area contributed by atoms with E-state index >= 15 is 0 Å². The van der Waals surface area contributed by atoms with Gasteiger partial charge in [-0.25, -0.2) is 15.0 Å². The van der Waals surface area contributed by atoms with Gasteiger partial charge in [0.15, 0.2) is 17.5 Å². The molecule has 0 spiro atoms. The predicted molar refractivity (Wildman–Crippen MR) is 112 cm³/mol. The molecule has 1 aromatic heterocycles.